The average Bonchev–Trinajstić information content (AvgIpc) is 3.20. The van der Waals surface area contributed by atoms with Gasteiger partial charge < -0.3 is 19.7 Å². The van der Waals surface area contributed by atoms with E-state index in [9.17, 15) is 14.4 Å². The van der Waals surface area contributed by atoms with Gasteiger partial charge in [0.05, 0.1) is 6.04 Å². The molecule has 0 aromatic heterocycles. The molecule has 1 aromatic rings. The van der Waals surface area contributed by atoms with Gasteiger partial charge in [-0.25, -0.2) is 4.79 Å². The summed E-state index contributed by atoms with van der Waals surface area (Å²) in [5.41, 5.74) is 0.0000601. The lowest BCUT2D eigenvalue weighted by atomic mass is 10.0. The van der Waals surface area contributed by atoms with Gasteiger partial charge in [-0.15, -0.1) is 0 Å². The second kappa shape index (κ2) is 6.44. The molecule has 8 nitrogen and oxygen atoms in total. The lowest BCUT2D eigenvalue weighted by Gasteiger charge is -2.28. The van der Waals surface area contributed by atoms with Gasteiger partial charge in [0.2, 0.25) is 5.91 Å². The second-order valence-electron chi connectivity index (χ2n) is 7.59. The molecule has 3 aliphatic heterocycles. The number of amides is 4. The number of rotatable bonds is 3. The van der Waals surface area contributed by atoms with Crippen molar-refractivity contribution in [2.45, 2.75) is 38.3 Å². The molecular weight excluding hydrogens is 350 g/mol. The van der Waals surface area contributed by atoms with E-state index in [-0.39, 0.29) is 24.4 Å². The Morgan fingerprint density at radius 1 is 1.22 bits per heavy atom. The van der Waals surface area contributed by atoms with Crippen molar-refractivity contribution in [3.8, 4) is 11.5 Å². The zero-order valence-electron chi connectivity index (χ0n) is 15.5. The Bertz CT molecular complexity index is 807. The lowest BCUT2D eigenvalue weighted by molar-refractivity contribution is -0.139. The zero-order valence-corrected chi connectivity index (χ0v) is 15.5. The number of nitrogens with zero attached hydrogens (tertiary/aromatic N) is 2. The summed E-state index contributed by atoms with van der Waals surface area (Å²) in [5.74, 6) is 0.792. The van der Waals surface area contributed by atoms with E-state index >= 15 is 0 Å². The standard InChI is InChI=1S/C19H23N3O5/c1-19(2)17(24)22(18(25)20-19)11-16(23)21-7-3-4-13(21)12-5-6-14-15(10-12)27-9-8-26-14/h5-6,10,13H,3-4,7-9,11H2,1-2H3,(H,20,25). The molecule has 2 fully saturated rings. The molecule has 4 amide bonds. The van der Waals surface area contributed by atoms with Crippen molar-refractivity contribution in [2.24, 2.45) is 0 Å². The minimum absolute atomic E-state index is 0.0953. The molecule has 3 heterocycles. The molecule has 0 aliphatic carbocycles. The molecule has 2 saturated heterocycles. The highest BCUT2D eigenvalue weighted by molar-refractivity contribution is 6.08. The third-order valence-electron chi connectivity index (χ3n) is 5.26. The Morgan fingerprint density at radius 3 is 2.67 bits per heavy atom. The first-order chi connectivity index (χ1) is 12.9. The largest absolute Gasteiger partial charge is 0.486 e. The number of hydrogen-bond donors (Lipinski definition) is 1. The summed E-state index contributed by atoms with van der Waals surface area (Å²) in [7, 11) is 0. The van der Waals surface area contributed by atoms with Crippen LogP contribution < -0.4 is 14.8 Å². The number of carbonyl (C=O) groups is 3. The van der Waals surface area contributed by atoms with Crippen LogP contribution in [0, 0.1) is 0 Å². The summed E-state index contributed by atoms with van der Waals surface area (Å²) in [6.45, 7) is 4.66. The van der Waals surface area contributed by atoms with E-state index < -0.39 is 11.6 Å². The molecular formula is C19H23N3O5. The normalized spacial score (nSPS) is 23.6. The van der Waals surface area contributed by atoms with Gasteiger partial charge in [-0.1, -0.05) is 6.07 Å². The Balaban J connectivity index is 1.51. The fourth-order valence-corrected chi connectivity index (χ4v) is 3.87. The minimum Gasteiger partial charge on any atom is -0.486 e. The molecule has 3 aliphatic rings. The first-order valence-electron chi connectivity index (χ1n) is 9.20. The molecule has 0 radical (unpaired) electrons. The summed E-state index contributed by atoms with van der Waals surface area (Å²) in [5, 5.41) is 2.60. The van der Waals surface area contributed by atoms with Crippen molar-refractivity contribution in [1.29, 1.82) is 0 Å². The van der Waals surface area contributed by atoms with E-state index in [1.54, 1.807) is 18.7 Å². The van der Waals surface area contributed by atoms with Gasteiger partial charge in [-0.3, -0.25) is 14.5 Å². The van der Waals surface area contributed by atoms with Crippen LogP contribution in [0.2, 0.25) is 0 Å². The van der Waals surface area contributed by atoms with E-state index in [4.69, 9.17) is 9.47 Å². The molecule has 1 N–H and O–H groups in total. The number of hydrogen-bond acceptors (Lipinski definition) is 5. The van der Waals surface area contributed by atoms with Gasteiger partial charge in [-0.05, 0) is 44.4 Å². The zero-order chi connectivity index (χ0) is 19.2. The predicted octanol–water partition coefficient (Wildman–Crippen LogP) is 1.45. The summed E-state index contributed by atoms with van der Waals surface area (Å²) >= 11 is 0. The second-order valence-corrected chi connectivity index (χ2v) is 7.59. The Kier molecular flexibility index (Phi) is 4.20. The molecule has 0 bridgehead atoms. The molecule has 1 atom stereocenters. The molecule has 0 spiro atoms. The SMILES string of the molecule is CC1(C)NC(=O)N(CC(=O)N2CCCC2c2ccc3c(c2)OCCO3)C1=O. The number of likely N-dealkylation sites (tertiary alicyclic amines) is 1. The smallest absolute Gasteiger partial charge is 0.325 e. The topological polar surface area (TPSA) is 88.2 Å². The van der Waals surface area contributed by atoms with Crippen LogP contribution in [0.1, 0.15) is 38.3 Å². The first-order valence-corrected chi connectivity index (χ1v) is 9.20. The molecule has 27 heavy (non-hydrogen) atoms. The molecule has 4 rings (SSSR count). The molecule has 8 heteroatoms. The Labute approximate surface area is 157 Å². The van der Waals surface area contributed by atoms with Gasteiger partial charge in [0.25, 0.3) is 5.91 Å². The highest BCUT2D eigenvalue weighted by atomic mass is 16.6. The maximum absolute atomic E-state index is 12.9. The maximum atomic E-state index is 12.9. The molecule has 1 unspecified atom stereocenters. The minimum atomic E-state index is -0.975. The van der Waals surface area contributed by atoms with Crippen molar-refractivity contribution < 1.29 is 23.9 Å². The van der Waals surface area contributed by atoms with Crippen LogP contribution in [0.25, 0.3) is 0 Å². The van der Waals surface area contributed by atoms with Gasteiger partial charge in [0.1, 0.15) is 25.3 Å². The van der Waals surface area contributed by atoms with Gasteiger partial charge in [-0.2, -0.15) is 0 Å². The van der Waals surface area contributed by atoms with Crippen molar-refractivity contribution >= 4 is 17.8 Å². The number of carbonyl (C=O) groups excluding carboxylic acids is 3. The van der Waals surface area contributed by atoms with Gasteiger partial charge in [0, 0.05) is 6.54 Å². The summed E-state index contributed by atoms with van der Waals surface area (Å²) < 4.78 is 11.2. The molecule has 0 saturated carbocycles. The van der Waals surface area contributed by atoms with Crippen LogP contribution in [0.4, 0.5) is 4.79 Å². The van der Waals surface area contributed by atoms with E-state index in [0.717, 1.165) is 23.3 Å². The summed E-state index contributed by atoms with van der Waals surface area (Å²) in [6, 6.07) is 5.11. The number of imide groups is 1. The maximum Gasteiger partial charge on any atom is 0.325 e. The molecule has 144 valence electrons. The summed E-state index contributed by atoms with van der Waals surface area (Å²) in [6.07, 6.45) is 1.70. The van der Waals surface area contributed by atoms with Gasteiger partial charge in [0.15, 0.2) is 11.5 Å². The third-order valence-corrected chi connectivity index (χ3v) is 5.26. The number of nitrogens with one attached hydrogen (secondary N) is 1. The number of fused-ring (bicyclic) bond motifs is 1. The Morgan fingerprint density at radius 2 is 1.96 bits per heavy atom. The van der Waals surface area contributed by atoms with Crippen LogP contribution in [-0.4, -0.2) is 59.5 Å². The first kappa shape index (κ1) is 17.6. The van der Waals surface area contributed by atoms with Gasteiger partial charge >= 0.3 is 6.03 Å². The predicted molar refractivity (Wildman–Crippen MR) is 95.4 cm³/mol. The number of benzene rings is 1. The quantitative estimate of drug-likeness (QED) is 0.811. The number of ether oxygens (including phenoxy) is 2. The van der Waals surface area contributed by atoms with Crippen LogP contribution >= 0.6 is 0 Å². The van der Waals surface area contributed by atoms with Crippen molar-refractivity contribution in [3.05, 3.63) is 23.8 Å². The molecule has 1 aromatic carbocycles. The lowest BCUT2D eigenvalue weighted by Crippen LogP contribution is -2.44. The van der Waals surface area contributed by atoms with Crippen molar-refractivity contribution in [1.82, 2.24) is 15.1 Å². The highest BCUT2D eigenvalue weighted by Gasteiger charge is 2.45. The van der Waals surface area contributed by atoms with E-state index in [1.165, 1.54) is 0 Å². The van der Waals surface area contributed by atoms with Crippen LogP contribution in [0.3, 0.4) is 0 Å². The fraction of sp³-hybridized carbons (Fsp3) is 0.526. The Hall–Kier alpha value is -2.77. The number of urea groups is 1. The van der Waals surface area contributed by atoms with Crippen molar-refractivity contribution in [3.63, 3.8) is 0 Å². The van der Waals surface area contributed by atoms with E-state index in [0.29, 0.717) is 31.3 Å². The summed E-state index contributed by atoms with van der Waals surface area (Å²) in [4.78, 5) is 40.0. The van der Waals surface area contributed by atoms with Crippen LogP contribution in [0.15, 0.2) is 18.2 Å². The fourth-order valence-electron chi connectivity index (χ4n) is 3.87. The monoisotopic (exact) mass is 373 g/mol. The van der Waals surface area contributed by atoms with E-state index in [2.05, 4.69) is 5.32 Å². The highest BCUT2D eigenvalue weighted by Crippen LogP contribution is 2.38. The van der Waals surface area contributed by atoms with E-state index in [1.807, 2.05) is 18.2 Å². The third kappa shape index (κ3) is 3.09. The average molecular weight is 373 g/mol. The van der Waals surface area contributed by atoms with Crippen molar-refractivity contribution in [2.75, 3.05) is 26.3 Å². The van der Waals surface area contributed by atoms with Crippen LogP contribution in [0.5, 0.6) is 11.5 Å². The van der Waals surface area contributed by atoms with Crippen LogP contribution in [-0.2, 0) is 9.59 Å².